The Kier molecular flexibility index (Phi) is 5.38. The molecular formula is C17H15ClFN3S2. The molecule has 0 radical (unpaired) electrons. The second-order valence-electron chi connectivity index (χ2n) is 5.23. The van der Waals surface area contributed by atoms with E-state index in [1.54, 1.807) is 12.1 Å². The van der Waals surface area contributed by atoms with Crippen LogP contribution in [0, 0.1) is 19.7 Å². The van der Waals surface area contributed by atoms with Gasteiger partial charge in [-0.05, 0) is 43.2 Å². The summed E-state index contributed by atoms with van der Waals surface area (Å²) in [7, 11) is 0. The first-order valence-electron chi connectivity index (χ1n) is 7.27. The third-order valence-electron chi connectivity index (χ3n) is 3.65. The van der Waals surface area contributed by atoms with Gasteiger partial charge in [0.15, 0.2) is 4.34 Å². The van der Waals surface area contributed by atoms with Crippen LogP contribution in [0.15, 0.2) is 40.7 Å². The number of aryl methyl sites for hydroxylation is 1. The lowest BCUT2D eigenvalue weighted by Gasteiger charge is -2.08. The van der Waals surface area contributed by atoms with Crippen LogP contribution in [-0.2, 0) is 5.75 Å². The minimum Gasteiger partial charge on any atom is -0.330 e. The SMILES string of the molecule is Cc1cccc(Nc2nnc(SCc3c(F)cccc3Cl)s2)c1C. The van der Waals surface area contributed by atoms with Crippen LogP contribution in [0.25, 0.3) is 0 Å². The molecular weight excluding hydrogens is 365 g/mol. The molecule has 0 atom stereocenters. The Morgan fingerprint density at radius 3 is 2.75 bits per heavy atom. The minimum absolute atomic E-state index is 0.298. The second kappa shape index (κ2) is 7.51. The molecule has 0 fully saturated rings. The third kappa shape index (κ3) is 3.88. The summed E-state index contributed by atoms with van der Waals surface area (Å²) in [5.41, 5.74) is 3.90. The average Bonchev–Trinajstić information content (AvgIpc) is 2.99. The van der Waals surface area contributed by atoms with E-state index in [4.69, 9.17) is 11.6 Å². The normalized spacial score (nSPS) is 10.8. The van der Waals surface area contributed by atoms with Crippen LogP contribution >= 0.6 is 34.7 Å². The lowest BCUT2D eigenvalue weighted by molar-refractivity contribution is 0.617. The van der Waals surface area contributed by atoms with E-state index < -0.39 is 0 Å². The number of hydrogen-bond acceptors (Lipinski definition) is 5. The van der Waals surface area contributed by atoms with Crippen LogP contribution in [0.5, 0.6) is 0 Å². The van der Waals surface area contributed by atoms with Crippen molar-refractivity contribution in [2.45, 2.75) is 23.9 Å². The van der Waals surface area contributed by atoms with Gasteiger partial charge >= 0.3 is 0 Å². The zero-order chi connectivity index (χ0) is 17.1. The average molecular weight is 380 g/mol. The Morgan fingerprint density at radius 2 is 1.96 bits per heavy atom. The van der Waals surface area contributed by atoms with Crippen molar-refractivity contribution in [3.63, 3.8) is 0 Å². The monoisotopic (exact) mass is 379 g/mol. The van der Waals surface area contributed by atoms with E-state index in [-0.39, 0.29) is 5.82 Å². The summed E-state index contributed by atoms with van der Waals surface area (Å²) in [6, 6.07) is 10.8. The van der Waals surface area contributed by atoms with Crippen molar-refractivity contribution in [1.82, 2.24) is 10.2 Å². The zero-order valence-corrected chi connectivity index (χ0v) is 15.5. The molecule has 3 rings (SSSR count). The van der Waals surface area contributed by atoms with Crippen molar-refractivity contribution in [3.05, 3.63) is 63.9 Å². The molecule has 0 spiro atoms. The number of aromatic nitrogens is 2. The maximum absolute atomic E-state index is 13.8. The predicted molar refractivity (Wildman–Crippen MR) is 100 cm³/mol. The number of nitrogens with one attached hydrogen (secondary N) is 1. The first-order valence-corrected chi connectivity index (χ1v) is 9.45. The van der Waals surface area contributed by atoms with Crippen molar-refractivity contribution < 1.29 is 4.39 Å². The molecule has 0 bridgehead atoms. The van der Waals surface area contributed by atoms with E-state index in [0.29, 0.717) is 21.5 Å². The van der Waals surface area contributed by atoms with Gasteiger partial charge in [0.05, 0.1) is 0 Å². The highest BCUT2D eigenvalue weighted by Gasteiger charge is 2.11. The molecule has 3 aromatic rings. The van der Waals surface area contributed by atoms with Crippen molar-refractivity contribution in [1.29, 1.82) is 0 Å². The maximum atomic E-state index is 13.8. The number of halogens is 2. The molecule has 1 N–H and O–H groups in total. The number of nitrogens with zero attached hydrogens (tertiary/aromatic N) is 2. The standard InChI is InChI=1S/C17H15ClFN3S2/c1-10-5-3-8-15(11(10)2)20-16-21-22-17(24-16)23-9-12-13(18)6-4-7-14(12)19/h3-8H,9H2,1-2H3,(H,20,21). The van der Waals surface area contributed by atoms with Gasteiger partial charge in [-0.2, -0.15) is 0 Å². The first kappa shape index (κ1) is 17.2. The van der Waals surface area contributed by atoms with E-state index in [9.17, 15) is 4.39 Å². The molecule has 3 nitrogen and oxygen atoms in total. The summed E-state index contributed by atoms with van der Waals surface area (Å²) >= 11 is 8.90. The summed E-state index contributed by atoms with van der Waals surface area (Å²) in [6.07, 6.45) is 0. The second-order valence-corrected chi connectivity index (χ2v) is 7.84. The van der Waals surface area contributed by atoms with E-state index in [2.05, 4.69) is 35.4 Å². The van der Waals surface area contributed by atoms with Crippen molar-refractivity contribution in [2.75, 3.05) is 5.32 Å². The summed E-state index contributed by atoms with van der Waals surface area (Å²) < 4.78 is 14.6. The number of rotatable bonds is 5. The fraction of sp³-hybridized carbons (Fsp3) is 0.176. The molecule has 24 heavy (non-hydrogen) atoms. The van der Waals surface area contributed by atoms with E-state index in [1.807, 2.05) is 12.1 Å². The van der Waals surface area contributed by atoms with Crippen LogP contribution in [0.4, 0.5) is 15.2 Å². The lowest BCUT2D eigenvalue weighted by atomic mass is 10.1. The topological polar surface area (TPSA) is 37.8 Å². The van der Waals surface area contributed by atoms with Gasteiger partial charge in [0.25, 0.3) is 0 Å². The summed E-state index contributed by atoms with van der Waals surface area (Å²) in [6.45, 7) is 4.13. The Labute approximate surface area is 153 Å². The Hall–Kier alpha value is -1.63. The van der Waals surface area contributed by atoms with Crippen LogP contribution in [0.3, 0.4) is 0 Å². The summed E-state index contributed by atoms with van der Waals surface area (Å²) in [4.78, 5) is 0. The third-order valence-corrected chi connectivity index (χ3v) is 6.01. The van der Waals surface area contributed by atoms with Crippen LogP contribution in [0.1, 0.15) is 16.7 Å². The minimum atomic E-state index is -0.298. The van der Waals surface area contributed by atoms with Gasteiger partial charge in [-0.1, -0.05) is 52.9 Å². The predicted octanol–water partition coefficient (Wildman–Crippen LogP) is 5.98. The summed E-state index contributed by atoms with van der Waals surface area (Å²) in [5.74, 6) is 0.122. The van der Waals surface area contributed by atoms with Gasteiger partial charge in [0, 0.05) is 22.0 Å². The van der Waals surface area contributed by atoms with E-state index in [0.717, 1.165) is 10.0 Å². The van der Waals surface area contributed by atoms with Crippen LogP contribution in [0.2, 0.25) is 5.02 Å². The van der Waals surface area contributed by atoms with Crippen LogP contribution in [-0.4, -0.2) is 10.2 Å². The maximum Gasteiger partial charge on any atom is 0.210 e. The number of benzene rings is 2. The zero-order valence-electron chi connectivity index (χ0n) is 13.1. The van der Waals surface area contributed by atoms with Crippen LogP contribution < -0.4 is 5.32 Å². The molecule has 0 saturated heterocycles. The highest BCUT2D eigenvalue weighted by atomic mass is 35.5. The molecule has 1 heterocycles. The molecule has 0 unspecified atom stereocenters. The fourth-order valence-corrected chi connectivity index (χ4v) is 4.23. The van der Waals surface area contributed by atoms with Gasteiger partial charge < -0.3 is 5.32 Å². The number of hydrogen-bond donors (Lipinski definition) is 1. The quantitative estimate of drug-likeness (QED) is 0.553. The largest absolute Gasteiger partial charge is 0.330 e. The van der Waals surface area contributed by atoms with Gasteiger partial charge in [0.2, 0.25) is 5.13 Å². The van der Waals surface area contributed by atoms with E-state index in [1.165, 1.54) is 40.3 Å². The number of anilines is 2. The van der Waals surface area contributed by atoms with Crippen molar-refractivity contribution >= 4 is 45.5 Å². The van der Waals surface area contributed by atoms with Gasteiger partial charge in [-0.3, -0.25) is 0 Å². The Morgan fingerprint density at radius 1 is 1.17 bits per heavy atom. The Bertz CT molecular complexity index is 847. The van der Waals surface area contributed by atoms with Gasteiger partial charge in [-0.15, -0.1) is 10.2 Å². The van der Waals surface area contributed by atoms with Crippen molar-refractivity contribution in [2.24, 2.45) is 0 Å². The molecule has 124 valence electrons. The fourth-order valence-electron chi connectivity index (χ4n) is 2.12. The van der Waals surface area contributed by atoms with Gasteiger partial charge in [0.1, 0.15) is 5.82 Å². The van der Waals surface area contributed by atoms with Crippen molar-refractivity contribution in [3.8, 4) is 0 Å². The highest BCUT2D eigenvalue weighted by molar-refractivity contribution is 8.00. The van der Waals surface area contributed by atoms with E-state index >= 15 is 0 Å². The molecule has 0 aliphatic rings. The smallest absolute Gasteiger partial charge is 0.210 e. The summed E-state index contributed by atoms with van der Waals surface area (Å²) in [5, 5.41) is 12.7. The molecule has 0 aliphatic carbocycles. The first-order chi connectivity index (χ1) is 11.5. The van der Waals surface area contributed by atoms with Gasteiger partial charge in [-0.25, -0.2) is 4.39 Å². The molecule has 2 aromatic carbocycles. The molecule has 7 heteroatoms. The molecule has 0 aliphatic heterocycles. The molecule has 0 amide bonds. The lowest BCUT2D eigenvalue weighted by Crippen LogP contribution is -1.94. The molecule has 0 saturated carbocycles. The highest BCUT2D eigenvalue weighted by Crippen LogP contribution is 2.33. The Balaban J connectivity index is 1.69. The number of thioether (sulfide) groups is 1. The molecule has 1 aromatic heterocycles.